The number of phenolic OH excluding ortho intramolecular Hbond substituents is 1. The number of hydrogen-bond acceptors (Lipinski definition) is 4. The summed E-state index contributed by atoms with van der Waals surface area (Å²) in [6.45, 7) is 2.25. The van der Waals surface area contributed by atoms with Gasteiger partial charge < -0.3 is 9.84 Å². The Labute approximate surface area is 131 Å². The standard InChI is InChI=1S/C18H22O4/c1-2-15-14-16(20)10-11-17(15)18(21)22-13-9-7-5-3-4-6-8-12-19/h5-8,10-12,14,20H,2-4,9,13H2,1H3/b7-5+,8-6+. The maximum atomic E-state index is 12.0. The molecule has 1 N–H and O–H groups in total. The number of phenols is 1. The Bertz CT molecular complexity index is 544. The molecule has 0 fully saturated rings. The Morgan fingerprint density at radius 2 is 1.91 bits per heavy atom. The van der Waals surface area contributed by atoms with Crippen molar-refractivity contribution in [2.45, 2.75) is 32.6 Å². The number of aryl methyl sites for hydroxylation is 1. The Balaban J connectivity index is 2.33. The molecule has 0 heterocycles. The van der Waals surface area contributed by atoms with Crippen LogP contribution in [-0.4, -0.2) is 24.0 Å². The molecule has 4 heteroatoms. The molecule has 22 heavy (non-hydrogen) atoms. The first-order chi connectivity index (χ1) is 10.7. The van der Waals surface area contributed by atoms with E-state index in [1.807, 2.05) is 25.2 Å². The Hall–Kier alpha value is -2.36. The van der Waals surface area contributed by atoms with Gasteiger partial charge in [0.15, 0.2) is 0 Å². The number of aldehydes is 1. The molecular formula is C18H22O4. The molecule has 0 aliphatic heterocycles. The molecule has 0 saturated heterocycles. The molecule has 0 atom stereocenters. The summed E-state index contributed by atoms with van der Waals surface area (Å²) in [4.78, 5) is 22.0. The van der Waals surface area contributed by atoms with Crippen LogP contribution in [0.2, 0.25) is 0 Å². The minimum absolute atomic E-state index is 0.153. The van der Waals surface area contributed by atoms with Crippen LogP contribution in [0.3, 0.4) is 0 Å². The minimum atomic E-state index is -0.362. The first-order valence-electron chi connectivity index (χ1n) is 7.43. The average molecular weight is 302 g/mol. The van der Waals surface area contributed by atoms with Gasteiger partial charge in [0.25, 0.3) is 0 Å². The zero-order valence-corrected chi connectivity index (χ0v) is 12.8. The zero-order valence-electron chi connectivity index (χ0n) is 12.8. The number of carbonyl (C=O) groups excluding carboxylic acids is 2. The van der Waals surface area contributed by atoms with Crippen molar-refractivity contribution in [1.82, 2.24) is 0 Å². The number of unbranched alkanes of at least 4 members (excludes halogenated alkanes) is 1. The van der Waals surface area contributed by atoms with Gasteiger partial charge in [-0.3, -0.25) is 4.79 Å². The number of hydrogen-bond donors (Lipinski definition) is 1. The first-order valence-corrected chi connectivity index (χ1v) is 7.43. The van der Waals surface area contributed by atoms with Crippen molar-refractivity contribution in [2.24, 2.45) is 0 Å². The predicted octanol–water partition coefficient (Wildman–Crippen LogP) is 3.59. The van der Waals surface area contributed by atoms with Gasteiger partial charge in [-0.15, -0.1) is 0 Å². The van der Waals surface area contributed by atoms with Crippen LogP contribution in [0.4, 0.5) is 0 Å². The molecule has 0 aliphatic rings. The molecule has 4 nitrogen and oxygen atoms in total. The fourth-order valence-corrected chi connectivity index (χ4v) is 1.95. The van der Waals surface area contributed by atoms with Crippen molar-refractivity contribution in [3.63, 3.8) is 0 Å². The smallest absolute Gasteiger partial charge is 0.338 e. The highest BCUT2D eigenvalue weighted by atomic mass is 16.5. The van der Waals surface area contributed by atoms with E-state index in [1.165, 1.54) is 12.1 Å². The second kappa shape index (κ2) is 10.4. The first kappa shape index (κ1) is 17.7. The minimum Gasteiger partial charge on any atom is -0.508 e. The lowest BCUT2D eigenvalue weighted by atomic mass is 10.1. The number of benzene rings is 1. The summed E-state index contributed by atoms with van der Waals surface area (Å²) in [5, 5.41) is 9.42. The fourth-order valence-electron chi connectivity index (χ4n) is 1.95. The van der Waals surface area contributed by atoms with Gasteiger partial charge in [0.05, 0.1) is 12.2 Å². The van der Waals surface area contributed by atoms with Gasteiger partial charge >= 0.3 is 5.97 Å². The summed E-state index contributed by atoms with van der Waals surface area (Å²) in [6, 6.07) is 4.66. The maximum Gasteiger partial charge on any atom is 0.338 e. The molecular weight excluding hydrogens is 280 g/mol. The third-order valence-electron chi connectivity index (χ3n) is 3.09. The molecule has 1 aromatic rings. The summed E-state index contributed by atoms with van der Waals surface area (Å²) in [7, 11) is 0. The summed E-state index contributed by atoms with van der Waals surface area (Å²) in [5.41, 5.74) is 1.28. The van der Waals surface area contributed by atoms with Gasteiger partial charge in [0, 0.05) is 0 Å². The van der Waals surface area contributed by atoms with Crippen LogP contribution in [0.25, 0.3) is 0 Å². The highest BCUT2D eigenvalue weighted by molar-refractivity contribution is 5.91. The van der Waals surface area contributed by atoms with Crippen LogP contribution < -0.4 is 0 Å². The average Bonchev–Trinajstić information content (AvgIpc) is 2.52. The number of rotatable bonds is 9. The molecule has 0 saturated carbocycles. The SMILES string of the molecule is CCc1cc(O)ccc1C(=O)OCC/C=C/CC/C=C/C=O. The van der Waals surface area contributed by atoms with E-state index in [-0.39, 0.29) is 11.7 Å². The second-order valence-electron chi connectivity index (χ2n) is 4.73. The van der Waals surface area contributed by atoms with Crippen LogP contribution in [0.1, 0.15) is 42.1 Å². The van der Waals surface area contributed by atoms with E-state index in [4.69, 9.17) is 4.74 Å². The van der Waals surface area contributed by atoms with Gasteiger partial charge in [-0.1, -0.05) is 25.2 Å². The predicted molar refractivity (Wildman–Crippen MR) is 86.0 cm³/mol. The number of carbonyl (C=O) groups is 2. The molecule has 0 aromatic heterocycles. The summed E-state index contributed by atoms with van der Waals surface area (Å²) in [5.74, 6) is -0.209. The van der Waals surface area contributed by atoms with Crippen molar-refractivity contribution >= 4 is 12.3 Å². The van der Waals surface area contributed by atoms with E-state index < -0.39 is 0 Å². The van der Waals surface area contributed by atoms with Crippen LogP contribution in [-0.2, 0) is 16.0 Å². The van der Waals surface area contributed by atoms with E-state index in [0.717, 1.165) is 24.7 Å². The second-order valence-corrected chi connectivity index (χ2v) is 4.73. The van der Waals surface area contributed by atoms with Crippen molar-refractivity contribution in [2.75, 3.05) is 6.61 Å². The summed E-state index contributed by atoms with van der Waals surface area (Å²) < 4.78 is 5.22. The Morgan fingerprint density at radius 1 is 1.18 bits per heavy atom. The largest absolute Gasteiger partial charge is 0.508 e. The summed E-state index contributed by atoms with van der Waals surface area (Å²) in [6.07, 6.45) is 11.0. The number of esters is 1. The van der Waals surface area contributed by atoms with E-state index in [2.05, 4.69) is 0 Å². The van der Waals surface area contributed by atoms with Gasteiger partial charge in [-0.2, -0.15) is 0 Å². The monoisotopic (exact) mass is 302 g/mol. The molecule has 0 radical (unpaired) electrons. The van der Waals surface area contributed by atoms with Crippen LogP contribution >= 0.6 is 0 Å². The number of ether oxygens (including phenoxy) is 1. The maximum absolute atomic E-state index is 12.0. The van der Waals surface area contributed by atoms with Crippen LogP contribution in [0.5, 0.6) is 5.75 Å². The van der Waals surface area contributed by atoms with Crippen molar-refractivity contribution in [3.05, 3.63) is 53.6 Å². The van der Waals surface area contributed by atoms with E-state index >= 15 is 0 Å². The lowest BCUT2D eigenvalue weighted by molar-refractivity contribution is -0.104. The topological polar surface area (TPSA) is 63.6 Å². The number of aromatic hydroxyl groups is 1. The lowest BCUT2D eigenvalue weighted by Gasteiger charge is -2.08. The third-order valence-corrected chi connectivity index (χ3v) is 3.09. The van der Waals surface area contributed by atoms with E-state index in [1.54, 1.807) is 12.1 Å². The molecule has 0 spiro atoms. The number of allylic oxidation sites excluding steroid dienone is 3. The van der Waals surface area contributed by atoms with Crippen LogP contribution in [0, 0.1) is 0 Å². The molecule has 1 rings (SSSR count). The quantitative estimate of drug-likeness (QED) is 0.249. The van der Waals surface area contributed by atoms with E-state index in [9.17, 15) is 14.7 Å². The Morgan fingerprint density at radius 3 is 2.64 bits per heavy atom. The zero-order chi connectivity index (χ0) is 16.2. The normalized spacial score (nSPS) is 11.1. The summed E-state index contributed by atoms with van der Waals surface area (Å²) >= 11 is 0. The molecule has 0 amide bonds. The fraction of sp³-hybridized carbons (Fsp3) is 0.333. The third kappa shape index (κ3) is 6.39. The molecule has 0 bridgehead atoms. The van der Waals surface area contributed by atoms with E-state index in [0.29, 0.717) is 25.0 Å². The van der Waals surface area contributed by atoms with Gasteiger partial charge in [-0.25, -0.2) is 4.79 Å². The van der Waals surface area contributed by atoms with Crippen LogP contribution in [0.15, 0.2) is 42.5 Å². The van der Waals surface area contributed by atoms with Gasteiger partial charge in [0.1, 0.15) is 12.0 Å². The van der Waals surface area contributed by atoms with Crippen molar-refractivity contribution in [1.29, 1.82) is 0 Å². The van der Waals surface area contributed by atoms with Crippen molar-refractivity contribution < 1.29 is 19.4 Å². The molecule has 1 aromatic carbocycles. The Kier molecular flexibility index (Phi) is 8.35. The highest BCUT2D eigenvalue weighted by Crippen LogP contribution is 2.18. The van der Waals surface area contributed by atoms with Gasteiger partial charge in [0.2, 0.25) is 0 Å². The van der Waals surface area contributed by atoms with Gasteiger partial charge in [-0.05, 0) is 55.5 Å². The highest BCUT2D eigenvalue weighted by Gasteiger charge is 2.11. The molecule has 118 valence electrons. The van der Waals surface area contributed by atoms with Crippen molar-refractivity contribution in [3.8, 4) is 5.75 Å². The lowest BCUT2D eigenvalue weighted by Crippen LogP contribution is -2.08. The molecule has 0 aliphatic carbocycles. The molecule has 0 unspecified atom stereocenters.